The van der Waals surface area contributed by atoms with Crippen LogP contribution in [0.25, 0.3) is 28.1 Å². The van der Waals surface area contributed by atoms with Crippen LogP contribution < -0.4 is 0 Å². The molecule has 0 bridgehead atoms. The molecule has 184 valence electrons. The molecule has 36 heavy (non-hydrogen) atoms. The lowest BCUT2D eigenvalue weighted by Gasteiger charge is -2.15. The number of nitrogens with one attached hydrogen (secondary N) is 1. The molecule has 5 rings (SSSR count). The Balaban J connectivity index is 1.50. The van der Waals surface area contributed by atoms with E-state index < -0.39 is 5.97 Å². The van der Waals surface area contributed by atoms with Crippen molar-refractivity contribution in [2.24, 2.45) is 0 Å². The fraction of sp³-hybridized carbons (Fsp3) is 0.321. The van der Waals surface area contributed by atoms with Gasteiger partial charge < -0.3 is 9.67 Å². The zero-order valence-electron chi connectivity index (χ0n) is 20.4. The monoisotopic (exact) mass is 482 g/mol. The van der Waals surface area contributed by atoms with Crippen LogP contribution in [-0.4, -0.2) is 41.3 Å². The number of tetrazole rings is 1. The molecule has 1 aliphatic rings. The summed E-state index contributed by atoms with van der Waals surface area (Å²) < 4.78 is 2.26. The van der Waals surface area contributed by atoms with E-state index in [0.29, 0.717) is 12.4 Å². The number of hydrogen-bond donors (Lipinski definition) is 2. The molecule has 0 radical (unpaired) electrons. The Labute approximate surface area is 210 Å². The molecule has 0 unspecified atom stereocenters. The Bertz CT molecular complexity index is 1370. The molecule has 0 spiro atoms. The molecular formula is C28H30N6O2. The van der Waals surface area contributed by atoms with E-state index in [4.69, 9.17) is 4.98 Å². The smallest absolute Gasteiger partial charge is 0.328 e. The Morgan fingerprint density at radius 1 is 1.08 bits per heavy atom. The van der Waals surface area contributed by atoms with Crippen LogP contribution in [0, 0.1) is 0 Å². The van der Waals surface area contributed by atoms with Gasteiger partial charge in [-0.3, -0.25) is 0 Å². The highest BCUT2D eigenvalue weighted by Gasteiger charge is 2.23. The minimum atomic E-state index is -0.898. The summed E-state index contributed by atoms with van der Waals surface area (Å²) in [5, 5.41) is 24.0. The first-order valence-corrected chi connectivity index (χ1v) is 12.6. The lowest BCUT2D eigenvalue weighted by atomic mass is 9.98. The number of carboxylic acids is 1. The third-order valence-corrected chi connectivity index (χ3v) is 6.70. The Morgan fingerprint density at radius 3 is 2.58 bits per heavy atom. The minimum Gasteiger partial charge on any atom is -0.478 e. The highest BCUT2D eigenvalue weighted by Crippen LogP contribution is 2.33. The second-order valence-corrected chi connectivity index (χ2v) is 9.21. The van der Waals surface area contributed by atoms with Crippen molar-refractivity contribution in [1.29, 1.82) is 0 Å². The SMILES string of the molecule is CCCCc1nc2c(n1Cc1ccc(-c3ccccc3-c3nn[nH]n3)cc1)/C(=C/C(=O)O)CCCC2. The number of unbranched alkanes of at least 4 members (excludes halogenated alkanes) is 1. The molecule has 2 aromatic carbocycles. The largest absolute Gasteiger partial charge is 0.478 e. The molecule has 2 N–H and O–H groups in total. The fourth-order valence-electron chi connectivity index (χ4n) is 4.98. The van der Waals surface area contributed by atoms with Crippen molar-refractivity contribution in [2.75, 3.05) is 0 Å². The van der Waals surface area contributed by atoms with Gasteiger partial charge in [0.1, 0.15) is 5.82 Å². The van der Waals surface area contributed by atoms with Gasteiger partial charge in [-0.1, -0.05) is 61.9 Å². The van der Waals surface area contributed by atoms with Crippen LogP contribution in [0.15, 0.2) is 54.6 Å². The van der Waals surface area contributed by atoms with Gasteiger partial charge >= 0.3 is 5.97 Å². The van der Waals surface area contributed by atoms with Gasteiger partial charge in [-0.15, -0.1) is 10.2 Å². The van der Waals surface area contributed by atoms with Crippen molar-refractivity contribution >= 4 is 11.5 Å². The maximum absolute atomic E-state index is 11.6. The molecular weight excluding hydrogens is 452 g/mol. The normalized spacial score (nSPS) is 14.5. The average Bonchev–Trinajstić information content (AvgIpc) is 3.49. The minimum absolute atomic E-state index is 0.564. The van der Waals surface area contributed by atoms with Gasteiger partial charge in [-0.25, -0.2) is 9.78 Å². The number of fused-ring (bicyclic) bond motifs is 1. The molecule has 8 heteroatoms. The van der Waals surface area contributed by atoms with E-state index >= 15 is 0 Å². The second kappa shape index (κ2) is 10.7. The summed E-state index contributed by atoms with van der Waals surface area (Å²) in [5.74, 6) is 0.714. The molecule has 2 heterocycles. The third kappa shape index (κ3) is 4.98. The lowest BCUT2D eigenvalue weighted by molar-refractivity contribution is -0.131. The number of aromatic nitrogens is 6. The van der Waals surface area contributed by atoms with Crippen molar-refractivity contribution < 1.29 is 9.90 Å². The third-order valence-electron chi connectivity index (χ3n) is 6.70. The van der Waals surface area contributed by atoms with E-state index in [0.717, 1.165) is 90.0 Å². The summed E-state index contributed by atoms with van der Waals surface area (Å²) >= 11 is 0. The van der Waals surface area contributed by atoms with Gasteiger partial charge in [-0.05, 0) is 59.6 Å². The van der Waals surface area contributed by atoms with E-state index in [1.54, 1.807) is 0 Å². The number of hydrogen-bond acceptors (Lipinski definition) is 5. The zero-order valence-corrected chi connectivity index (χ0v) is 20.4. The van der Waals surface area contributed by atoms with Crippen molar-refractivity contribution in [3.63, 3.8) is 0 Å². The summed E-state index contributed by atoms with van der Waals surface area (Å²) in [6.45, 7) is 2.84. The number of aliphatic carboxylic acids is 1. The molecule has 0 saturated carbocycles. The van der Waals surface area contributed by atoms with Gasteiger partial charge in [0.25, 0.3) is 0 Å². The molecule has 0 saturated heterocycles. The first-order chi connectivity index (χ1) is 17.6. The number of carbonyl (C=O) groups is 1. The van der Waals surface area contributed by atoms with E-state index in [1.165, 1.54) is 6.08 Å². The van der Waals surface area contributed by atoms with Crippen LogP contribution in [0.1, 0.15) is 61.8 Å². The van der Waals surface area contributed by atoms with Crippen LogP contribution in [0.3, 0.4) is 0 Å². The van der Waals surface area contributed by atoms with Crippen molar-refractivity contribution in [1.82, 2.24) is 30.2 Å². The van der Waals surface area contributed by atoms with E-state index in [1.807, 2.05) is 18.2 Å². The number of aryl methyl sites for hydroxylation is 2. The summed E-state index contributed by atoms with van der Waals surface area (Å²) in [7, 11) is 0. The summed E-state index contributed by atoms with van der Waals surface area (Å²) in [6.07, 6.45) is 8.08. The number of imidazole rings is 1. The molecule has 0 atom stereocenters. The molecule has 0 aliphatic heterocycles. The highest BCUT2D eigenvalue weighted by atomic mass is 16.4. The highest BCUT2D eigenvalue weighted by molar-refractivity contribution is 5.90. The van der Waals surface area contributed by atoms with Gasteiger partial charge in [0.2, 0.25) is 5.82 Å². The zero-order chi connectivity index (χ0) is 24.9. The molecule has 8 nitrogen and oxygen atoms in total. The Hall–Kier alpha value is -4.07. The quantitative estimate of drug-likeness (QED) is 0.260. The van der Waals surface area contributed by atoms with Gasteiger partial charge in [-0.2, -0.15) is 5.21 Å². The van der Waals surface area contributed by atoms with Gasteiger partial charge in [0, 0.05) is 24.6 Å². The first-order valence-electron chi connectivity index (χ1n) is 12.6. The van der Waals surface area contributed by atoms with Crippen LogP contribution >= 0.6 is 0 Å². The topological polar surface area (TPSA) is 110 Å². The maximum atomic E-state index is 11.6. The van der Waals surface area contributed by atoms with E-state index in [-0.39, 0.29) is 0 Å². The molecule has 0 amide bonds. The molecule has 1 aliphatic carbocycles. The molecule has 0 fully saturated rings. The fourth-order valence-corrected chi connectivity index (χ4v) is 4.98. The van der Waals surface area contributed by atoms with Gasteiger partial charge in [0.15, 0.2) is 0 Å². The van der Waals surface area contributed by atoms with Crippen LogP contribution in [-0.2, 0) is 24.2 Å². The second-order valence-electron chi connectivity index (χ2n) is 9.21. The van der Waals surface area contributed by atoms with E-state index in [9.17, 15) is 9.90 Å². The standard InChI is InChI=1S/C28H30N6O2/c1-2-3-12-25-29-24-11-7-4-8-21(17-26(35)36)27(24)34(25)18-19-13-15-20(16-14-19)22-9-5-6-10-23(22)28-30-32-33-31-28/h5-6,9-10,13-17H,2-4,7-8,11-12,18H2,1H3,(H,35,36)(H,30,31,32,33)/b21-17+. The number of carboxylic acid groups (broad SMARTS) is 1. The maximum Gasteiger partial charge on any atom is 0.328 e. The Kier molecular flexibility index (Phi) is 7.02. The summed E-state index contributed by atoms with van der Waals surface area (Å²) in [5.41, 5.74) is 7.11. The number of allylic oxidation sites excluding steroid dienone is 1. The number of aromatic amines is 1. The predicted molar refractivity (Wildman–Crippen MR) is 138 cm³/mol. The van der Waals surface area contributed by atoms with Crippen molar-refractivity contribution in [2.45, 2.75) is 58.4 Å². The van der Waals surface area contributed by atoms with Crippen molar-refractivity contribution in [3.8, 4) is 22.5 Å². The number of benzene rings is 2. The average molecular weight is 483 g/mol. The van der Waals surface area contributed by atoms with Crippen molar-refractivity contribution in [3.05, 3.63) is 77.4 Å². The Morgan fingerprint density at radius 2 is 1.86 bits per heavy atom. The summed E-state index contributed by atoms with van der Waals surface area (Å²) in [4.78, 5) is 16.6. The summed E-state index contributed by atoms with van der Waals surface area (Å²) in [6, 6.07) is 16.5. The number of rotatable bonds is 8. The molecule has 2 aromatic heterocycles. The first kappa shape index (κ1) is 23.7. The van der Waals surface area contributed by atoms with Crippen LogP contribution in [0.4, 0.5) is 0 Å². The van der Waals surface area contributed by atoms with Gasteiger partial charge in [0.05, 0.1) is 11.4 Å². The van der Waals surface area contributed by atoms with E-state index in [2.05, 4.69) is 62.4 Å². The molecule has 4 aromatic rings. The van der Waals surface area contributed by atoms with Crippen LogP contribution in [0.2, 0.25) is 0 Å². The van der Waals surface area contributed by atoms with Crippen LogP contribution in [0.5, 0.6) is 0 Å². The number of nitrogens with zero attached hydrogens (tertiary/aromatic N) is 5. The number of H-pyrrole nitrogens is 1. The lowest BCUT2D eigenvalue weighted by Crippen LogP contribution is -2.10. The predicted octanol–water partition coefficient (Wildman–Crippen LogP) is 5.32.